The summed E-state index contributed by atoms with van der Waals surface area (Å²) < 4.78 is 39.9. The number of imidazole rings is 1. The number of β-amino-alcohol motifs (C(OH)–C–C–N with tert-alkyl or cyclic N) is 2. The first kappa shape index (κ1) is 21.8. The molecule has 0 bridgehead atoms. The van der Waals surface area contributed by atoms with E-state index in [0.29, 0.717) is 30.4 Å². The van der Waals surface area contributed by atoms with Gasteiger partial charge < -0.3 is 20.5 Å². The summed E-state index contributed by atoms with van der Waals surface area (Å²) in [4.78, 5) is 7.62. The quantitative estimate of drug-likeness (QED) is 0.382. The van der Waals surface area contributed by atoms with Crippen molar-refractivity contribution < 1.29 is 23.0 Å². The summed E-state index contributed by atoms with van der Waals surface area (Å²) in [6.07, 6.45) is 0.128. The monoisotopic (exact) mass is 448 g/mol. The van der Waals surface area contributed by atoms with E-state index in [4.69, 9.17) is 0 Å². The molecule has 10 heteroatoms. The Morgan fingerprint density at radius 3 is 2.81 bits per heavy atom. The van der Waals surface area contributed by atoms with E-state index < -0.39 is 21.7 Å². The molecule has 0 radical (unpaired) electrons. The maximum atomic E-state index is 13.3. The standard InChI is InChI=1S/C21H25FN4O4S/c22-15-8-9-17-18(11-15)25-20(24-17)7-4-10-23-13-21(28)14-26(12-19(21)27)31(29,30)16-5-2-1-3-6-16/h1-3,5-6,8-9,11,19,23,27-28H,4,7,10,12-14H2,(H,24,25)/t19-,21+/m1/s1. The highest BCUT2D eigenvalue weighted by atomic mass is 32.2. The van der Waals surface area contributed by atoms with Gasteiger partial charge in [0.25, 0.3) is 0 Å². The van der Waals surface area contributed by atoms with Crippen LogP contribution in [0, 0.1) is 5.82 Å². The fourth-order valence-electron chi connectivity index (χ4n) is 3.78. The van der Waals surface area contributed by atoms with Crippen molar-refractivity contribution in [1.29, 1.82) is 0 Å². The Balaban J connectivity index is 1.29. The van der Waals surface area contributed by atoms with Crippen molar-refractivity contribution in [3.8, 4) is 0 Å². The first-order valence-electron chi connectivity index (χ1n) is 10.1. The molecule has 0 saturated carbocycles. The summed E-state index contributed by atoms with van der Waals surface area (Å²) in [6.45, 7) is 0.241. The Kier molecular flexibility index (Phi) is 6.09. The Morgan fingerprint density at radius 2 is 2.03 bits per heavy atom. The molecule has 3 aromatic rings. The lowest BCUT2D eigenvalue weighted by atomic mass is 10.0. The highest BCUT2D eigenvalue weighted by molar-refractivity contribution is 7.89. The summed E-state index contributed by atoms with van der Waals surface area (Å²) >= 11 is 0. The number of sulfonamides is 1. The third-order valence-corrected chi connectivity index (χ3v) is 7.35. The number of H-pyrrole nitrogens is 1. The zero-order chi connectivity index (χ0) is 22.1. The molecule has 1 aromatic heterocycles. The van der Waals surface area contributed by atoms with Crippen LogP contribution in [-0.2, 0) is 16.4 Å². The zero-order valence-corrected chi connectivity index (χ0v) is 17.6. The number of hydrogen-bond donors (Lipinski definition) is 4. The van der Waals surface area contributed by atoms with Crippen LogP contribution in [0.5, 0.6) is 0 Å². The first-order chi connectivity index (χ1) is 14.8. The van der Waals surface area contributed by atoms with Gasteiger partial charge in [0.2, 0.25) is 10.0 Å². The molecule has 2 aromatic carbocycles. The third-order valence-electron chi connectivity index (χ3n) is 5.52. The van der Waals surface area contributed by atoms with Gasteiger partial charge in [-0.1, -0.05) is 18.2 Å². The molecule has 31 heavy (non-hydrogen) atoms. The Labute approximate surface area is 179 Å². The number of benzene rings is 2. The number of aromatic nitrogens is 2. The maximum Gasteiger partial charge on any atom is 0.243 e. The van der Waals surface area contributed by atoms with E-state index in [1.165, 1.54) is 24.3 Å². The van der Waals surface area contributed by atoms with Gasteiger partial charge in [0.15, 0.2) is 0 Å². The van der Waals surface area contributed by atoms with Crippen molar-refractivity contribution in [2.45, 2.75) is 29.4 Å². The Hall–Kier alpha value is -2.37. The summed E-state index contributed by atoms with van der Waals surface area (Å²) in [6, 6.07) is 12.3. The number of hydrogen-bond acceptors (Lipinski definition) is 6. The van der Waals surface area contributed by atoms with E-state index in [9.17, 15) is 23.0 Å². The van der Waals surface area contributed by atoms with Crippen molar-refractivity contribution in [2.75, 3.05) is 26.2 Å². The van der Waals surface area contributed by atoms with E-state index in [0.717, 1.165) is 10.1 Å². The minimum atomic E-state index is -3.78. The molecule has 8 nitrogen and oxygen atoms in total. The first-order valence-corrected chi connectivity index (χ1v) is 11.5. The molecule has 1 saturated heterocycles. The normalized spacial score (nSPS) is 22.4. The Bertz CT molecular complexity index is 1150. The number of nitrogens with zero attached hydrogens (tertiary/aromatic N) is 2. The van der Waals surface area contributed by atoms with Gasteiger partial charge in [0.05, 0.1) is 22.0 Å². The highest BCUT2D eigenvalue weighted by Crippen LogP contribution is 2.27. The van der Waals surface area contributed by atoms with Gasteiger partial charge in [0.1, 0.15) is 17.2 Å². The van der Waals surface area contributed by atoms with Crippen LogP contribution in [0.3, 0.4) is 0 Å². The average molecular weight is 449 g/mol. The second-order valence-corrected chi connectivity index (χ2v) is 9.79. The van der Waals surface area contributed by atoms with Crippen LogP contribution in [0.1, 0.15) is 12.2 Å². The van der Waals surface area contributed by atoms with Gasteiger partial charge in [0, 0.05) is 26.1 Å². The van der Waals surface area contributed by atoms with E-state index in [2.05, 4.69) is 15.3 Å². The van der Waals surface area contributed by atoms with Gasteiger partial charge in [-0.15, -0.1) is 0 Å². The molecule has 0 spiro atoms. The lowest BCUT2D eigenvalue weighted by Crippen LogP contribution is -2.50. The smallest absolute Gasteiger partial charge is 0.243 e. The molecule has 2 heterocycles. The number of aliphatic hydroxyl groups excluding tert-OH is 1. The molecule has 1 aliphatic rings. The van der Waals surface area contributed by atoms with Crippen LogP contribution in [0.15, 0.2) is 53.4 Å². The summed E-state index contributed by atoms with van der Waals surface area (Å²) in [5.41, 5.74) is -0.225. The molecule has 0 amide bonds. The van der Waals surface area contributed by atoms with Gasteiger partial charge in [-0.05, 0) is 43.3 Å². The lowest BCUT2D eigenvalue weighted by molar-refractivity contribution is -0.0381. The fraction of sp³-hybridized carbons (Fsp3) is 0.381. The number of nitrogens with one attached hydrogen (secondary N) is 2. The highest BCUT2D eigenvalue weighted by Gasteiger charge is 2.48. The number of fused-ring (bicyclic) bond motifs is 1. The molecule has 166 valence electrons. The molecule has 1 fully saturated rings. The molecular formula is C21H25FN4O4S. The van der Waals surface area contributed by atoms with Gasteiger partial charge in [-0.25, -0.2) is 17.8 Å². The van der Waals surface area contributed by atoms with Crippen molar-refractivity contribution in [1.82, 2.24) is 19.6 Å². The number of aliphatic hydroxyl groups is 2. The van der Waals surface area contributed by atoms with Gasteiger partial charge in [-0.2, -0.15) is 4.31 Å². The van der Waals surface area contributed by atoms with E-state index in [-0.39, 0.29) is 30.3 Å². The van der Waals surface area contributed by atoms with Crippen LogP contribution >= 0.6 is 0 Å². The summed E-state index contributed by atoms with van der Waals surface area (Å²) in [5.74, 6) is 0.415. The molecule has 4 N–H and O–H groups in total. The summed E-state index contributed by atoms with van der Waals surface area (Å²) in [5, 5.41) is 24.2. The topological polar surface area (TPSA) is 119 Å². The predicted molar refractivity (Wildman–Crippen MR) is 113 cm³/mol. The minimum absolute atomic E-state index is 0.0559. The van der Waals surface area contributed by atoms with Gasteiger partial charge >= 0.3 is 0 Å². The Morgan fingerprint density at radius 1 is 1.26 bits per heavy atom. The van der Waals surface area contributed by atoms with Gasteiger partial charge in [-0.3, -0.25) is 0 Å². The second kappa shape index (κ2) is 8.64. The molecule has 4 rings (SSSR count). The van der Waals surface area contributed by atoms with Crippen molar-refractivity contribution in [3.05, 3.63) is 60.2 Å². The average Bonchev–Trinajstić information content (AvgIpc) is 3.28. The SMILES string of the molecule is O=S(=O)(c1ccccc1)N1C[C@@H](O)[C@](O)(CNCCCc2nc3ccc(F)cc3[nH]2)C1. The van der Waals surface area contributed by atoms with Crippen LogP contribution in [0.25, 0.3) is 11.0 Å². The van der Waals surface area contributed by atoms with E-state index >= 15 is 0 Å². The van der Waals surface area contributed by atoms with Crippen LogP contribution in [-0.4, -0.2) is 70.8 Å². The lowest BCUT2D eigenvalue weighted by Gasteiger charge is -2.26. The van der Waals surface area contributed by atoms with Crippen LogP contribution in [0.2, 0.25) is 0 Å². The fourth-order valence-corrected chi connectivity index (χ4v) is 5.31. The van der Waals surface area contributed by atoms with Crippen LogP contribution in [0.4, 0.5) is 4.39 Å². The minimum Gasteiger partial charge on any atom is -0.389 e. The predicted octanol–water partition coefficient (Wildman–Crippen LogP) is 1.02. The molecule has 1 aliphatic heterocycles. The summed E-state index contributed by atoms with van der Waals surface area (Å²) in [7, 11) is -3.78. The van der Waals surface area contributed by atoms with Crippen molar-refractivity contribution in [2.24, 2.45) is 0 Å². The molecule has 2 atom stereocenters. The third kappa shape index (κ3) is 4.63. The second-order valence-electron chi connectivity index (χ2n) is 7.86. The van der Waals surface area contributed by atoms with Crippen molar-refractivity contribution in [3.63, 3.8) is 0 Å². The van der Waals surface area contributed by atoms with E-state index in [1.54, 1.807) is 24.3 Å². The number of aryl methyl sites for hydroxylation is 1. The molecule has 0 aliphatic carbocycles. The number of halogens is 1. The maximum absolute atomic E-state index is 13.3. The van der Waals surface area contributed by atoms with Crippen LogP contribution < -0.4 is 5.32 Å². The molecular weight excluding hydrogens is 423 g/mol. The zero-order valence-electron chi connectivity index (χ0n) is 16.8. The van der Waals surface area contributed by atoms with Crippen molar-refractivity contribution >= 4 is 21.1 Å². The number of rotatable bonds is 8. The largest absolute Gasteiger partial charge is 0.389 e. The molecule has 0 unspecified atom stereocenters. The number of aromatic amines is 1. The van der Waals surface area contributed by atoms with E-state index in [1.807, 2.05) is 0 Å².